The summed E-state index contributed by atoms with van der Waals surface area (Å²) in [5, 5.41) is 10.5. The van der Waals surface area contributed by atoms with Crippen LogP contribution in [0.25, 0.3) is 0 Å². The Morgan fingerprint density at radius 1 is 1.35 bits per heavy atom. The van der Waals surface area contributed by atoms with E-state index in [4.69, 9.17) is 5.11 Å². The lowest BCUT2D eigenvalue weighted by atomic mass is 10.4. The number of amides is 2. The highest BCUT2D eigenvalue weighted by Gasteiger charge is 2.34. The quantitative estimate of drug-likeness (QED) is 0.721. The fourth-order valence-corrected chi connectivity index (χ4v) is 2.37. The van der Waals surface area contributed by atoms with Gasteiger partial charge in [0.1, 0.15) is 22.9 Å². The van der Waals surface area contributed by atoms with Gasteiger partial charge in [-0.05, 0) is 6.92 Å². The highest BCUT2D eigenvalue weighted by molar-refractivity contribution is 7.90. The SMILES string of the molecule is CC(CS(C)(=O)=O)NC(=O)N(CC(=O)O)CC(F)(F)F. The van der Waals surface area contributed by atoms with Crippen molar-refractivity contribution < 1.29 is 36.3 Å². The lowest BCUT2D eigenvalue weighted by Crippen LogP contribution is -2.50. The van der Waals surface area contributed by atoms with Gasteiger partial charge < -0.3 is 15.3 Å². The number of hydrogen-bond acceptors (Lipinski definition) is 4. The van der Waals surface area contributed by atoms with E-state index in [9.17, 15) is 31.2 Å². The van der Waals surface area contributed by atoms with Gasteiger partial charge in [0.05, 0.1) is 5.75 Å². The molecule has 1 unspecified atom stereocenters. The number of nitrogens with zero attached hydrogens (tertiary/aromatic N) is 1. The molecule has 20 heavy (non-hydrogen) atoms. The molecule has 0 saturated heterocycles. The molecule has 0 spiro atoms. The average Bonchev–Trinajstić information content (AvgIpc) is 2.09. The number of carbonyl (C=O) groups is 2. The second-order valence-electron chi connectivity index (χ2n) is 4.31. The van der Waals surface area contributed by atoms with Crippen LogP contribution in [-0.4, -0.2) is 67.7 Å². The first kappa shape index (κ1) is 18.5. The van der Waals surface area contributed by atoms with Crippen LogP contribution in [0.15, 0.2) is 0 Å². The van der Waals surface area contributed by atoms with Crippen LogP contribution in [-0.2, 0) is 14.6 Å². The van der Waals surface area contributed by atoms with E-state index in [-0.39, 0.29) is 4.90 Å². The Morgan fingerprint density at radius 3 is 2.20 bits per heavy atom. The van der Waals surface area contributed by atoms with E-state index in [1.54, 1.807) is 0 Å². The average molecular weight is 320 g/mol. The summed E-state index contributed by atoms with van der Waals surface area (Å²) >= 11 is 0. The van der Waals surface area contributed by atoms with E-state index in [2.05, 4.69) is 0 Å². The van der Waals surface area contributed by atoms with Crippen molar-refractivity contribution in [3.8, 4) is 0 Å². The maximum Gasteiger partial charge on any atom is 0.406 e. The van der Waals surface area contributed by atoms with Crippen LogP contribution in [0.3, 0.4) is 0 Å². The van der Waals surface area contributed by atoms with Gasteiger partial charge in [0.15, 0.2) is 0 Å². The number of rotatable bonds is 6. The molecule has 0 aliphatic heterocycles. The van der Waals surface area contributed by atoms with Gasteiger partial charge in [-0.15, -0.1) is 0 Å². The minimum atomic E-state index is -4.76. The molecule has 2 N–H and O–H groups in total. The second-order valence-corrected chi connectivity index (χ2v) is 6.49. The first-order chi connectivity index (χ1) is 8.80. The van der Waals surface area contributed by atoms with Gasteiger partial charge in [0.2, 0.25) is 0 Å². The van der Waals surface area contributed by atoms with Gasteiger partial charge in [0.25, 0.3) is 0 Å². The number of sulfone groups is 1. The monoisotopic (exact) mass is 320 g/mol. The zero-order valence-electron chi connectivity index (χ0n) is 10.8. The number of carboxylic acids is 1. The van der Waals surface area contributed by atoms with Crippen LogP contribution in [0.5, 0.6) is 0 Å². The summed E-state index contributed by atoms with van der Waals surface area (Å²) in [6.45, 7) is -1.60. The van der Waals surface area contributed by atoms with Gasteiger partial charge in [0, 0.05) is 12.3 Å². The summed E-state index contributed by atoms with van der Waals surface area (Å²) < 4.78 is 58.6. The Morgan fingerprint density at radius 2 is 1.85 bits per heavy atom. The maximum atomic E-state index is 12.2. The molecule has 0 saturated carbocycles. The number of carboxylic acid groups (broad SMARTS) is 1. The summed E-state index contributed by atoms with van der Waals surface area (Å²) in [7, 11) is -3.42. The fraction of sp³-hybridized carbons (Fsp3) is 0.778. The van der Waals surface area contributed by atoms with Gasteiger partial charge in [-0.1, -0.05) is 0 Å². The molecule has 0 aromatic heterocycles. The van der Waals surface area contributed by atoms with Crippen LogP contribution in [0.1, 0.15) is 6.92 Å². The summed E-state index contributed by atoms with van der Waals surface area (Å²) in [5.41, 5.74) is 0. The molecule has 118 valence electrons. The van der Waals surface area contributed by atoms with Gasteiger partial charge in [-0.3, -0.25) is 4.79 Å². The Bertz CT molecular complexity index is 463. The topological polar surface area (TPSA) is 104 Å². The third-order valence-corrected chi connectivity index (χ3v) is 3.01. The van der Waals surface area contributed by atoms with Crippen molar-refractivity contribution in [2.24, 2.45) is 0 Å². The minimum Gasteiger partial charge on any atom is -0.480 e. The number of aliphatic carboxylic acids is 1. The van der Waals surface area contributed by atoms with Crippen molar-refractivity contribution >= 4 is 21.8 Å². The molecule has 11 heteroatoms. The first-order valence-corrected chi connectivity index (χ1v) is 7.38. The third kappa shape index (κ3) is 9.42. The molecule has 0 rings (SSSR count). The molecule has 0 aliphatic carbocycles. The van der Waals surface area contributed by atoms with E-state index >= 15 is 0 Å². The zero-order chi connectivity index (χ0) is 16.1. The molecule has 0 aliphatic rings. The normalized spacial score (nSPS) is 13.7. The number of halogens is 3. The largest absolute Gasteiger partial charge is 0.480 e. The van der Waals surface area contributed by atoms with Gasteiger partial charge in [-0.2, -0.15) is 13.2 Å². The van der Waals surface area contributed by atoms with E-state index < -0.39 is 52.9 Å². The van der Waals surface area contributed by atoms with Crippen LogP contribution < -0.4 is 5.32 Å². The Balaban J connectivity index is 4.74. The number of urea groups is 1. The van der Waals surface area contributed by atoms with Crippen molar-refractivity contribution in [1.82, 2.24) is 10.2 Å². The fourth-order valence-electron chi connectivity index (χ4n) is 1.38. The smallest absolute Gasteiger partial charge is 0.406 e. The predicted octanol–water partition coefficient (Wildman–Crippen LogP) is 0.0780. The molecular formula is C9H15F3N2O5S. The Labute approximate surface area is 113 Å². The van der Waals surface area contributed by atoms with Gasteiger partial charge in [-0.25, -0.2) is 13.2 Å². The molecule has 0 bridgehead atoms. The predicted molar refractivity (Wildman–Crippen MR) is 63.0 cm³/mol. The number of alkyl halides is 3. The molecule has 0 heterocycles. The van der Waals surface area contributed by atoms with Crippen molar-refractivity contribution in [2.45, 2.75) is 19.1 Å². The molecule has 0 aromatic carbocycles. The molecule has 2 amide bonds. The minimum absolute atomic E-state index is 0.0428. The number of nitrogens with one attached hydrogen (secondary N) is 1. The summed E-state index contributed by atoms with van der Waals surface area (Å²) in [6, 6.07) is -2.23. The zero-order valence-corrected chi connectivity index (χ0v) is 11.6. The van der Waals surface area contributed by atoms with Crippen LogP contribution in [0, 0.1) is 0 Å². The second kappa shape index (κ2) is 6.77. The highest BCUT2D eigenvalue weighted by atomic mass is 32.2. The highest BCUT2D eigenvalue weighted by Crippen LogP contribution is 2.16. The number of hydrogen-bond donors (Lipinski definition) is 2. The standard InChI is InChI=1S/C9H15F3N2O5S/c1-6(4-20(2,18)19)13-8(17)14(3-7(15)16)5-9(10,11)12/h6H,3-5H2,1-2H3,(H,13,17)(H,15,16). The maximum absolute atomic E-state index is 12.2. The van der Waals surface area contributed by atoms with Crippen molar-refractivity contribution in [3.05, 3.63) is 0 Å². The first-order valence-electron chi connectivity index (χ1n) is 5.32. The lowest BCUT2D eigenvalue weighted by Gasteiger charge is -2.24. The summed E-state index contributed by atoms with van der Waals surface area (Å²) in [4.78, 5) is 22.0. The molecule has 1 atom stereocenters. The molecule has 0 radical (unpaired) electrons. The van der Waals surface area contributed by atoms with E-state index in [1.165, 1.54) is 6.92 Å². The molecule has 0 aromatic rings. The molecule has 0 fully saturated rings. The van der Waals surface area contributed by atoms with E-state index in [0.717, 1.165) is 6.26 Å². The summed E-state index contributed by atoms with van der Waals surface area (Å²) in [6.07, 6.45) is -3.85. The van der Waals surface area contributed by atoms with E-state index in [1.807, 2.05) is 5.32 Å². The summed E-state index contributed by atoms with van der Waals surface area (Å²) in [5.74, 6) is -2.08. The van der Waals surface area contributed by atoms with E-state index in [0.29, 0.717) is 0 Å². The van der Waals surface area contributed by atoms with Crippen LogP contribution in [0.4, 0.5) is 18.0 Å². The Kier molecular flexibility index (Phi) is 6.26. The van der Waals surface area contributed by atoms with Gasteiger partial charge >= 0.3 is 18.2 Å². The number of carbonyl (C=O) groups excluding carboxylic acids is 1. The van der Waals surface area contributed by atoms with Crippen molar-refractivity contribution in [3.63, 3.8) is 0 Å². The third-order valence-electron chi connectivity index (χ3n) is 1.91. The van der Waals surface area contributed by atoms with Crippen LogP contribution in [0.2, 0.25) is 0 Å². The van der Waals surface area contributed by atoms with Crippen molar-refractivity contribution in [1.29, 1.82) is 0 Å². The van der Waals surface area contributed by atoms with Crippen LogP contribution >= 0.6 is 0 Å². The molecular weight excluding hydrogens is 305 g/mol. The molecule has 7 nitrogen and oxygen atoms in total. The Hall–Kier alpha value is -1.52. The lowest BCUT2D eigenvalue weighted by molar-refractivity contribution is -0.149. The van der Waals surface area contributed by atoms with Crippen molar-refractivity contribution in [2.75, 3.05) is 25.1 Å².